The Balaban J connectivity index is 1.34. The van der Waals surface area contributed by atoms with Crippen molar-refractivity contribution < 1.29 is 13.9 Å². The van der Waals surface area contributed by atoms with Crippen LogP contribution in [-0.4, -0.2) is 69.0 Å². The Morgan fingerprint density at radius 1 is 1.18 bits per heavy atom. The molecule has 0 atom stereocenters. The Morgan fingerprint density at radius 2 is 2.06 bits per heavy atom. The van der Waals surface area contributed by atoms with Crippen LogP contribution in [0, 0.1) is 0 Å². The summed E-state index contributed by atoms with van der Waals surface area (Å²) in [4.78, 5) is 25.9. The zero-order valence-corrected chi connectivity index (χ0v) is 20.0. The van der Waals surface area contributed by atoms with Gasteiger partial charge in [0.15, 0.2) is 16.4 Å². The van der Waals surface area contributed by atoms with E-state index in [-0.39, 0.29) is 11.7 Å². The molecule has 0 saturated carbocycles. The highest BCUT2D eigenvalue weighted by atomic mass is 32.2. The molecule has 3 heterocycles. The number of nitrogens with zero attached hydrogens (tertiary/aromatic N) is 5. The fourth-order valence-electron chi connectivity index (χ4n) is 3.09. The number of hydrogen-bond donors (Lipinski definition) is 2. The highest BCUT2D eigenvalue weighted by Crippen LogP contribution is 2.25. The maximum absolute atomic E-state index is 12.3. The van der Waals surface area contributed by atoms with Crippen molar-refractivity contribution in [3.05, 3.63) is 30.5 Å². The minimum atomic E-state index is -0.0995. The van der Waals surface area contributed by atoms with Crippen molar-refractivity contribution >= 4 is 57.4 Å². The SMILES string of the molecule is CCSc1nc(NCCOC)c2cnn(CCNC(=O)CSc3nc4ccccc4o3)c2n1. The number of anilines is 1. The zero-order valence-electron chi connectivity index (χ0n) is 18.4. The number of methoxy groups -OCH3 is 1. The maximum atomic E-state index is 12.3. The molecule has 3 aromatic heterocycles. The van der Waals surface area contributed by atoms with Crippen molar-refractivity contribution in [2.75, 3.05) is 43.6 Å². The molecule has 0 unspecified atom stereocenters. The van der Waals surface area contributed by atoms with Crippen molar-refractivity contribution in [3.63, 3.8) is 0 Å². The molecule has 4 rings (SSSR count). The average molecular weight is 488 g/mol. The molecule has 2 N–H and O–H groups in total. The van der Waals surface area contributed by atoms with Gasteiger partial charge in [-0.25, -0.2) is 19.6 Å². The number of oxazole rings is 1. The van der Waals surface area contributed by atoms with Crippen molar-refractivity contribution in [1.29, 1.82) is 0 Å². The quantitative estimate of drug-likeness (QED) is 0.175. The van der Waals surface area contributed by atoms with Crippen LogP contribution in [0.1, 0.15) is 6.92 Å². The molecule has 0 bridgehead atoms. The number of ether oxygens (including phenoxy) is 1. The summed E-state index contributed by atoms with van der Waals surface area (Å²) in [6, 6.07) is 7.52. The number of benzene rings is 1. The van der Waals surface area contributed by atoms with E-state index in [0.29, 0.717) is 42.2 Å². The predicted molar refractivity (Wildman–Crippen MR) is 130 cm³/mol. The minimum Gasteiger partial charge on any atom is -0.431 e. The number of hydrogen-bond acceptors (Lipinski definition) is 10. The average Bonchev–Trinajstić information content (AvgIpc) is 3.42. The lowest BCUT2D eigenvalue weighted by molar-refractivity contribution is -0.118. The molecular formula is C21H25N7O3S2. The molecule has 0 spiro atoms. The Bertz CT molecular complexity index is 1190. The lowest BCUT2D eigenvalue weighted by Gasteiger charge is -2.09. The van der Waals surface area contributed by atoms with Crippen LogP contribution in [0.3, 0.4) is 0 Å². The summed E-state index contributed by atoms with van der Waals surface area (Å²) in [5.74, 6) is 1.72. The van der Waals surface area contributed by atoms with Crippen LogP contribution in [-0.2, 0) is 16.1 Å². The summed E-state index contributed by atoms with van der Waals surface area (Å²) in [6.07, 6.45) is 1.75. The van der Waals surface area contributed by atoms with E-state index in [4.69, 9.17) is 9.15 Å². The van der Waals surface area contributed by atoms with Crippen LogP contribution in [0.25, 0.3) is 22.1 Å². The van der Waals surface area contributed by atoms with Crippen molar-refractivity contribution in [3.8, 4) is 0 Å². The normalized spacial score (nSPS) is 11.3. The molecule has 4 aromatic rings. The van der Waals surface area contributed by atoms with Gasteiger partial charge in [-0.2, -0.15) is 5.10 Å². The monoisotopic (exact) mass is 487 g/mol. The lowest BCUT2D eigenvalue weighted by Crippen LogP contribution is -2.29. The molecule has 174 valence electrons. The van der Waals surface area contributed by atoms with Gasteiger partial charge in [-0.3, -0.25) is 4.79 Å². The van der Waals surface area contributed by atoms with E-state index >= 15 is 0 Å². The molecular weight excluding hydrogens is 462 g/mol. The van der Waals surface area contributed by atoms with Gasteiger partial charge in [-0.15, -0.1) is 0 Å². The number of carbonyl (C=O) groups excluding carboxylic acids is 1. The van der Waals surface area contributed by atoms with Crippen LogP contribution < -0.4 is 10.6 Å². The van der Waals surface area contributed by atoms with Gasteiger partial charge >= 0.3 is 0 Å². The summed E-state index contributed by atoms with van der Waals surface area (Å²) in [7, 11) is 1.66. The Kier molecular flexibility index (Phi) is 8.02. The first-order valence-corrected chi connectivity index (χ1v) is 12.5. The number of amides is 1. The molecule has 0 radical (unpaired) electrons. The van der Waals surface area contributed by atoms with Crippen LogP contribution >= 0.6 is 23.5 Å². The van der Waals surface area contributed by atoms with Crippen LogP contribution in [0.4, 0.5) is 5.82 Å². The van der Waals surface area contributed by atoms with Crippen LogP contribution in [0.2, 0.25) is 0 Å². The van der Waals surface area contributed by atoms with Crippen molar-refractivity contribution in [1.82, 2.24) is 30.0 Å². The van der Waals surface area contributed by atoms with Gasteiger partial charge < -0.3 is 19.8 Å². The number of rotatable bonds is 12. The number of nitrogens with one attached hydrogen (secondary N) is 2. The highest BCUT2D eigenvalue weighted by Gasteiger charge is 2.14. The number of para-hydroxylation sites is 2. The van der Waals surface area contributed by atoms with Crippen LogP contribution in [0.15, 0.2) is 45.3 Å². The van der Waals surface area contributed by atoms with E-state index in [2.05, 4.69) is 37.6 Å². The standard InChI is InChI=1S/C21H25N7O3S2/c1-3-32-20-26-18(23-9-11-30-2)14-12-24-28(19(14)27-20)10-8-22-17(29)13-33-21-25-15-6-4-5-7-16(15)31-21/h4-7,12H,3,8-11,13H2,1-2H3,(H,22,29)(H,23,26,27). The second-order valence-electron chi connectivity index (χ2n) is 6.90. The second-order valence-corrected chi connectivity index (χ2v) is 9.06. The van der Waals surface area contributed by atoms with E-state index < -0.39 is 0 Å². The second kappa shape index (κ2) is 11.3. The summed E-state index contributed by atoms with van der Waals surface area (Å²) in [6.45, 7) is 4.19. The first-order chi connectivity index (χ1) is 16.2. The van der Waals surface area contributed by atoms with Gasteiger partial charge in [0.05, 0.1) is 30.5 Å². The molecule has 0 aliphatic carbocycles. The van der Waals surface area contributed by atoms with Gasteiger partial charge in [-0.1, -0.05) is 42.6 Å². The molecule has 1 amide bonds. The lowest BCUT2D eigenvalue weighted by atomic mass is 10.3. The largest absolute Gasteiger partial charge is 0.431 e. The summed E-state index contributed by atoms with van der Waals surface area (Å²) < 4.78 is 12.5. The van der Waals surface area contributed by atoms with Gasteiger partial charge in [0.2, 0.25) is 5.91 Å². The van der Waals surface area contributed by atoms with E-state index in [1.807, 2.05) is 24.3 Å². The maximum Gasteiger partial charge on any atom is 0.257 e. The number of carbonyl (C=O) groups is 1. The molecule has 10 nitrogen and oxygen atoms in total. The third-order valence-corrected chi connectivity index (χ3v) is 6.15. The minimum absolute atomic E-state index is 0.0995. The smallest absolute Gasteiger partial charge is 0.257 e. The number of fused-ring (bicyclic) bond motifs is 2. The Morgan fingerprint density at radius 3 is 2.88 bits per heavy atom. The van der Waals surface area contributed by atoms with E-state index in [9.17, 15) is 4.79 Å². The fourth-order valence-corrected chi connectivity index (χ4v) is 4.32. The number of thioether (sulfide) groups is 2. The van der Waals surface area contributed by atoms with E-state index in [0.717, 1.165) is 28.1 Å². The molecule has 12 heteroatoms. The summed E-state index contributed by atoms with van der Waals surface area (Å²) >= 11 is 2.84. The van der Waals surface area contributed by atoms with E-state index in [1.54, 1.807) is 29.8 Å². The van der Waals surface area contributed by atoms with Gasteiger partial charge in [0.1, 0.15) is 11.3 Å². The van der Waals surface area contributed by atoms with Gasteiger partial charge in [-0.05, 0) is 17.9 Å². The molecule has 33 heavy (non-hydrogen) atoms. The topological polar surface area (TPSA) is 120 Å². The van der Waals surface area contributed by atoms with Gasteiger partial charge in [0, 0.05) is 20.2 Å². The fraction of sp³-hybridized carbons (Fsp3) is 0.381. The van der Waals surface area contributed by atoms with Crippen molar-refractivity contribution in [2.45, 2.75) is 23.8 Å². The molecule has 1 aromatic carbocycles. The zero-order chi connectivity index (χ0) is 23.0. The first kappa shape index (κ1) is 23.3. The molecule has 0 aliphatic heterocycles. The molecule has 0 fully saturated rings. The molecule has 0 saturated heterocycles. The van der Waals surface area contributed by atoms with Crippen molar-refractivity contribution in [2.24, 2.45) is 0 Å². The summed E-state index contributed by atoms with van der Waals surface area (Å²) in [5.41, 5.74) is 2.23. The first-order valence-electron chi connectivity index (χ1n) is 10.5. The Hall–Kier alpha value is -2.83. The number of aromatic nitrogens is 5. The van der Waals surface area contributed by atoms with Crippen LogP contribution in [0.5, 0.6) is 0 Å². The third-order valence-electron chi connectivity index (χ3n) is 4.59. The molecule has 0 aliphatic rings. The highest BCUT2D eigenvalue weighted by molar-refractivity contribution is 7.99. The summed E-state index contributed by atoms with van der Waals surface area (Å²) in [5, 5.41) is 12.7. The Labute approximate surface area is 199 Å². The van der Waals surface area contributed by atoms with Gasteiger partial charge in [0.25, 0.3) is 5.22 Å². The third kappa shape index (κ3) is 5.95. The van der Waals surface area contributed by atoms with E-state index in [1.165, 1.54) is 11.8 Å². The predicted octanol–water partition coefficient (Wildman–Crippen LogP) is 3.05.